The number of hydrogen-bond donors (Lipinski definition) is 1. The van der Waals surface area contributed by atoms with Gasteiger partial charge in [0.05, 0.1) is 52.4 Å². The van der Waals surface area contributed by atoms with E-state index in [2.05, 4.69) is 0 Å². The molecule has 2 aromatic heterocycles. The molecule has 59 heavy (non-hydrogen) atoms. The summed E-state index contributed by atoms with van der Waals surface area (Å²) in [5.74, 6) is -1.17. The molecule has 0 radical (unpaired) electrons. The zero-order valence-corrected chi connectivity index (χ0v) is 37.3. The Labute approximate surface area is 349 Å². The second-order valence-corrected chi connectivity index (χ2v) is 17.8. The van der Waals surface area contributed by atoms with Crippen molar-refractivity contribution in [1.82, 2.24) is 19.8 Å². The molecule has 0 aliphatic rings. The molecule has 12 heteroatoms. The fourth-order valence-corrected chi connectivity index (χ4v) is 5.37. The highest BCUT2D eigenvalue weighted by molar-refractivity contribution is 5.84. The average molecular weight is 811 g/mol. The van der Waals surface area contributed by atoms with Crippen LogP contribution in [0.2, 0.25) is 0 Å². The van der Waals surface area contributed by atoms with Crippen molar-refractivity contribution in [3.63, 3.8) is 0 Å². The van der Waals surface area contributed by atoms with Crippen molar-refractivity contribution < 1.29 is 38.5 Å². The summed E-state index contributed by atoms with van der Waals surface area (Å²) >= 11 is 0. The van der Waals surface area contributed by atoms with Gasteiger partial charge in [-0.15, -0.1) is 0 Å². The Kier molecular flexibility index (Phi) is 15.2. The van der Waals surface area contributed by atoms with E-state index >= 15 is 0 Å². The van der Waals surface area contributed by atoms with Gasteiger partial charge in [0.1, 0.15) is 11.2 Å². The SMILES string of the molecule is COC(=O)C(C)(C)/C=C/c1ccc2ccc([C@@H](C)N(C)C(=O)OC(C)(C)C)nc2c1.C[C@H](c1ccc2ccc(/C=C/C(C)(C)C(=O)O)cc2n1)N(C)C(=O)OC(C)(C)C. The van der Waals surface area contributed by atoms with Crippen LogP contribution in [0.3, 0.4) is 0 Å². The number of benzene rings is 2. The Balaban J connectivity index is 0.000000316. The first kappa shape index (κ1) is 47.6. The molecule has 4 aromatic rings. The van der Waals surface area contributed by atoms with E-state index in [0.717, 1.165) is 44.3 Å². The minimum atomic E-state index is -0.950. The zero-order chi connectivity index (χ0) is 44.7. The maximum absolute atomic E-state index is 12.4. The molecule has 12 nitrogen and oxygen atoms in total. The number of pyridine rings is 2. The Morgan fingerprint density at radius 1 is 0.610 bits per heavy atom. The van der Waals surface area contributed by atoms with Crippen molar-refractivity contribution >= 4 is 58.1 Å². The quantitative estimate of drug-likeness (QED) is 0.121. The first-order valence-electron chi connectivity index (χ1n) is 19.6. The summed E-state index contributed by atoms with van der Waals surface area (Å²) in [5, 5.41) is 11.2. The number of aliphatic carboxylic acids is 1. The van der Waals surface area contributed by atoms with Crippen LogP contribution < -0.4 is 0 Å². The highest BCUT2D eigenvalue weighted by atomic mass is 16.6. The molecular weight excluding hydrogens is 749 g/mol. The van der Waals surface area contributed by atoms with Gasteiger partial charge < -0.3 is 29.1 Å². The predicted octanol–water partition coefficient (Wildman–Crippen LogP) is 10.7. The Morgan fingerprint density at radius 2 is 0.966 bits per heavy atom. The van der Waals surface area contributed by atoms with Crippen LogP contribution in [-0.4, -0.2) is 81.4 Å². The molecule has 2 aromatic carbocycles. The smallest absolute Gasteiger partial charge is 0.410 e. The molecule has 2 atom stereocenters. The van der Waals surface area contributed by atoms with Crippen molar-refractivity contribution in [3.8, 4) is 0 Å². The number of ether oxygens (including phenoxy) is 3. The van der Waals surface area contributed by atoms with Crippen molar-refractivity contribution in [2.24, 2.45) is 10.8 Å². The molecule has 2 amide bonds. The molecule has 0 spiro atoms. The highest BCUT2D eigenvalue weighted by Gasteiger charge is 2.27. The second-order valence-electron chi connectivity index (χ2n) is 17.8. The molecule has 0 saturated carbocycles. The van der Waals surface area contributed by atoms with Crippen molar-refractivity contribution in [2.75, 3.05) is 21.2 Å². The highest BCUT2D eigenvalue weighted by Crippen LogP contribution is 2.27. The fraction of sp³-hybridized carbons (Fsp3) is 0.447. The van der Waals surface area contributed by atoms with E-state index in [-0.39, 0.29) is 18.1 Å². The van der Waals surface area contributed by atoms with Gasteiger partial charge in [0.2, 0.25) is 0 Å². The first-order valence-corrected chi connectivity index (χ1v) is 19.6. The van der Waals surface area contributed by atoms with Crippen LogP contribution in [0.25, 0.3) is 34.0 Å². The summed E-state index contributed by atoms with van der Waals surface area (Å²) in [6.45, 7) is 21.8. The van der Waals surface area contributed by atoms with Crippen molar-refractivity contribution in [1.29, 1.82) is 0 Å². The molecule has 1 N–H and O–H groups in total. The van der Waals surface area contributed by atoms with Gasteiger partial charge in [0.15, 0.2) is 0 Å². The summed E-state index contributed by atoms with van der Waals surface area (Å²) in [6, 6.07) is 19.0. The lowest BCUT2D eigenvalue weighted by atomic mass is 9.92. The van der Waals surface area contributed by atoms with Gasteiger partial charge in [-0.05, 0) is 118 Å². The topological polar surface area (TPSA) is 148 Å². The van der Waals surface area contributed by atoms with E-state index in [9.17, 15) is 24.3 Å². The summed E-state index contributed by atoms with van der Waals surface area (Å²) in [5.41, 5.74) is 2.12. The van der Waals surface area contributed by atoms with E-state index in [1.54, 1.807) is 58.8 Å². The van der Waals surface area contributed by atoms with Crippen LogP contribution in [-0.2, 0) is 23.8 Å². The molecule has 0 fully saturated rings. The number of rotatable bonds is 10. The zero-order valence-electron chi connectivity index (χ0n) is 37.3. The van der Waals surface area contributed by atoms with Gasteiger partial charge in [0, 0.05) is 24.9 Å². The van der Waals surface area contributed by atoms with Gasteiger partial charge in [-0.25, -0.2) is 9.59 Å². The summed E-state index contributed by atoms with van der Waals surface area (Å²) in [6.07, 6.45) is 6.37. The van der Waals surface area contributed by atoms with Crippen molar-refractivity contribution in [2.45, 2.75) is 106 Å². The monoisotopic (exact) mass is 810 g/mol. The van der Waals surface area contributed by atoms with Crippen LogP contribution in [0.1, 0.15) is 118 Å². The minimum Gasteiger partial charge on any atom is -0.481 e. The Hall–Kier alpha value is -5.78. The van der Waals surface area contributed by atoms with Crippen LogP contribution in [0.5, 0.6) is 0 Å². The van der Waals surface area contributed by atoms with Crippen LogP contribution in [0.15, 0.2) is 72.8 Å². The summed E-state index contributed by atoms with van der Waals surface area (Å²) < 4.78 is 15.7. The number of nitrogens with zero attached hydrogens (tertiary/aromatic N) is 4. The molecule has 0 unspecified atom stereocenters. The third-order valence-corrected chi connectivity index (χ3v) is 9.50. The first-order chi connectivity index (χ1) is 27.1. The standard InChI is InChI=1S/C24H32N2O4.C23H30N2O4/c1-16(26(7)22(28)30-23(2,3)4)19-12-11-18-10-9-17(15-20(18)25-19)13-14-24(5,6)21(27)29-8;1-15(25(7)21(28)29-22(2,3)4)18-11-10-17-9-8-16(14-19(17)24-18)12-13-23(5,6)20(26)27/h9-16H,1-8H3;8-15H,1-7H3,(H,26,27)/b14-13+;13-12+/t16-;15-/m11/s1. The number of carbonyl (C=O) groups excluding carboxylic acids is 3. The number of hydrogen-bond acceptors (Lipinski definition) is 9. The average Bonchev–Trinajstić information content (AvgIpc) is 3.15. The Bertz CT molecular complexity index is 2210. The number of carboxylic acids is 1. The molecule has 0 aliphatic carbocycles. The summed E-state index contributed by atoms with van der Waals surface area (Å²) in [4.78, 5) is 60.4. The Morgan fingerprint density at radius 3 is 1.31 bits per heavy atom. The maximum atomic E-state index is 12.4. The van der Waals surface area contributed by atoms with Gasteiger partial charge >= 0.3 is 24.1 Å². The van der Waals surface area contributed by atoms with E-state index < -0.39 is 40.2 Å². The number of carboxylic acid groups (broad SMARTS) is 1. The number of methoxy groups -OCH3 is 1. The minimum absolute atomic E-state index is 0.248. The maximum Gasteiger partial charge on any atom is 0.410 e. The number of carbonyl (C=O) groups is 4. The molecule has 4 rings (SSSR count). The normalized spacial score (nSPS) is 13.4. The van der Waals surface area contributed by atoms with Crippen LogP contribution in [0.4, 0.5) is 9.59 Å². The van der Waals surface area contributed by atoms with E-state index in [0.29, 0.717) is 0 Å². The third kappa shape index (κ3) is 13.7. The molecule has 318 valence electrons. The van der Waals surface area contributed by atoms with E-state index in [4.69, 9.17) is 24.2 Å². The van der Waals surface area contributed by atoms with Gasteiger partial charge in [0.25, 0.3) is 0 Å². The number of fused-ring (bicyclic) bond motifs is 2. The van der Waals surface area contributed by atoms with Gasteiger partial charge in [-0.1, -0.05) is 60.7 Å². The lowest BCUT2D eigenvalue weighted by Gasteiger charge is -2.28. The van der Waals surface area contributed by atoms with E-state index in [1.807, 2.05) is 128 Å². The van der Waals surface area contributed by atoms with E-state index in [1.165, 1.54) is 12.0 Å². The number of amides is 2. The van der Waals surface area contributed by atoms with Gasteiger partial charge in [-0.3, -0.25) is 19.6 Å². The molecular formula is C47H62N4O8. The van der Waals surface area contributed by atoms with Crippen LogP contribution >= 0.6 is 0 Å². The van der Waals surface area contributed by atoms with Gasteiger partial charge in [-0.2, -0.15) is 0 Å². The largest absolute Gasteiger partial charge is 0.481 e. The third-order valence-electron chi connectivity index (χ3n) is 9.50. The van der Waals surface area contributed by atoms with Crippen molar-refractivity contribution in [3.05, 3.63) is 95.3 Å². The second kappa shape index (κ2) is 18.9. The number of aromatic nitrogens is 2. The summed E-state index contributed by atoms with van der Waals surface area (Å²) in [7, 11) is 4.78. The lowest BCUT2D eigenvalue weighted by Crippen LogP contribution is -2.36. The predicted molar refractivity (Wildman–Crippen MR) is 234 cm³/mol. The van der Waals surface area contributed by atoms with Crippen LogP contribution in [0, 0.1) is 10.8 Å². The molecule has 0 saturated heterocycles. The molecule has 2 heterocycles. The number of esters is 1. The molecule has 0 aliphatic heterocycles. The lowest BCUT2D eigenvalue weighted by molar-refractivity contribution is -0.148. The fourth-order valence-electron chi connectivity index (χ4n) is 5.37. The molecule has 0 bridgehead atoms.